The number of hydrogen-bond acceptors (Lipinski definition) is 4. The zero-order valence-corrected chi connectivity index (χ0v) is 15.5. The molecule has 6 nitrogen and oxygen atoms in total. The highest BCUT2D eigenvalue weighted by molar-refractivity contribution is 6.04. The monoisotopic (exact) mass is 373 g/mol. The highest BCUT2D eigenvalue weighted by Crippen LogP contribution is 2.24. The molecule has 0 unspecified atom stereocenters. The van der Waals surface area contributed by atoms with Crippen LogP contribution in [-0.2, 0) is 0 Å². The van der Waals surface area contributed by atoms with E-state index in [0.717, 1.165) is 5.56 Å². The summed E-state index contributed by atoms with van der Waals surface area (Å²) < 4.78 is 5.67. The van der Waals surface area contributed by atoms with Gasteiger partial charge in [-0.2, -0.15) is 0 Å². The van der Waals surface area contributed by atoms with Gasteiger partial charge in [0.25, 0.3) is 11.5 Å². The molecule has 0 saturated heterocycles. The van der Waals surface area contributed by atoms with Crippen LogP contribution in [-0.4, -0.2) is 15.9 Å². The minimum Gasteiger partial charge on any atom is -0.440 e. The smallest absolute Gasteiger partial charge is 0.261 e. The van der Waals surface area contributed by atoms with E-state index in [2.05, 4.69) is 15.3 Å². The predicted octanol–water partition coefficient (Wildman–Crippen LogP) is 4.56. The van der Waals surface area contributed by atoms with Crippen LogP contribution in [0, 0.1) is 0 Å². The third kappa shape index (κ3) is 3.44. The molecular weight excluding hydrogens is 354 g/mol. The average Bonchev–Trinajstić information content (AvgIpc) is 3.12. The number of carbonyl (C=O) groups excluding carboxylic acids is 1. The van der Waals surface area contributed by atoms with Crippen molar-refractivity contribution in [3.63, 3.8) is 0 Å². The van der Waals surface area contributed by atoms with Gasteiger partial charge in [-0.25, -0.2) is 4.98 Å². The fraction of sp³-hybridized carbons (Fsp3) is 0.136. The lowest BCUT2D eigenvalue weighted by molar-refractivity contribution is 0.102. The topological polar surface area (TPSA) is 88.0 Å². The van der Waals surface area contributed by atoms with Crippen molar-refractivity contribution in [2.75, 3.05) is 5.32 Å². The van der Waals surface area contributed by atoms with Gasteiger partial charge < -0.3 is 14.7 Å². The van der Waals surface area contributed by atoms with Gasteiger partial charge in [0.15, 0.2) is 11.5 Å². The van der Waals surface area contributed by atoms with Gasteiger partial charge in [0.1, 0.15) is 11.1 Å². The van der Waals surface area contributed by atoms with E-state index in [4.69, 9.17) is 4.42 Å². The average molecular weight is 373 g/mol. The zero-order valence-electron chi connectivity index (χ0n) is 15.5. The summed E-state index contributed by atoms with van der Waals surface area (Å²) >= 11 is 0. The molecule has 4 aromatic rings. The number of H-pyrrole nitrogens is 1. The van der Waals surface area contributed by atoms with E-state index in [1.165, 1.54) is 6.07 Å². The molecule has 0 bridgehead atoms. The Kier molecular flexibility index (Phi) is 4.53. The Morgan fingerprint density at radius 2 is 1.86 bits per heavy atom. The minimum atomic E-state index is -0.479. The molecule has 0 atom stereocenters. The molecule has 0 aliphatic carbocycles. The lowest BCUT2D eigenvalue weighted by atomic mass is 10.1. The van der Waals surface area contributed by atoms with Crippen LogP contribution in [0.1, 0.15) is 36.0 Å². The molecule has 0 fully saturated rings. The molecule has 2 aromatic heterocycles. The molecule has 28 heavy (non-hydrogen) atoms. The number of anilines is 1. The molecule has 0 aliphatic heterocycles. The van der Waals surface area contributed by atoms with Gasteiger partial charge >= 0.3 is 0 Å². The molecule has 140 valence electrons. The first kappa shape index (κ1) is 17.7. The lowest BCUT2D eigenvalue weighted by Crippen LogP contribution is -2.23. The number of pyridine rings is 1. The zero-order chi connectivity index (χ0) is 19.7. The van der Waals surface area contributed by atoms with Crippen molar-refractivity contribution in [1.82, 2.24) is 9.97 Å². The predicted molar refractivity (Wildman–Crippen MR) is 109 cm³/mol. The SMILES string of the molecule is CC(C)c1nc2cc(NC(=O)c3ccc(-c4ccccc4)[nH]c3=O)ccc2o1. The highest BCUT2D eigenvalue weighted by atomic mass is 16.3. The number of hydrogen-bond donors (Lipinski definition) is 2. The number of fused-ring (bicyclic) bond motifs is 1. The summed E-state index contributed by atoms with van der Waals surface area (Å²) in [6.45, 7) is 4.00. The summed E-state index contributed by atoms with van der Waals surface area (Å²) in [4.78, 5) is 32.1. The summed E-state index contributed by atoms with van der Waals surface area (Å²) in [5, 5.41) is 2.75. The summed E-state index contributed by atoms with van der Waals surface area (Å²) in [6, 6.07) is 17.9. The van der Waals surface area contributed by atoms with E-state index >= 15 is 0 Å². The lowest BCUT2D eigenvalue weighted by Gasteiger charge is -2.06. The molecule has 1 amide bonds. The summed E-state index contributed by atoms with van der Waals surface area (Å²) in [5.74, 6) is 0.339. The standard InChI is InChI=1S/C22H19N3O3/c1-13(2)22-25-18-12-15(8-11-19(18)28-22)23-20(26)16-9-10-17(24-21(16)27)14-6-4-3-5-7-14/h3-13H,1-2H3,(H,23,26)(H,24,27). The Morgan fingerprint density at radius 3 is 2.57 bits per heavy atom. The summed E-state index contributed by atoms with van der Waals surface area (Å²) in [6.07, 6.45) is 0. The van der Waals surface area contributed by atoms with E-state index in [-0.39, 0.29) is 11.5 Å². The Bertz CT molecular complexity index is 1210. The molecule has 0 spiro atoms. The maximum Gasteiger partial charge on any atom is 0.261 e. The molecule has 0 radical (unpaired) electrons. The number of carbonyl (C=O) groups is 1. The second kappa shape index (κ2) is 7.15. The molecule has 6 heteroatoms. The number of rotatable bonds is 4. The van der Waals surface area contributed by atoms with Gasteiger partial charge in [-0.05, 0) is 35.9 Å². The van der Waals surface area contributed by atoms with Crippen LogP contribution in [0.4, 0.5) is 5.69 Å². The third-order valence-corrected chi connectivity index (χ3v) is 4.39. The fourth-order valence-electron chi connectivity index (χ4n) is 2.91. The second-order valence-electron chi connectivity index (χ2n) is 6.82. The van der Waals surface area contributed by atoms with E-state index in [1.54, 1.807) is 24.3 Å². The van der Waals surface area contributed by atoms with Crippen LogP contribution >= 0.6 is 0 Å². The van der Waals surface area contributed by atoms with Crippen LogP contribution < -0.4 is 10.9 Å². The Hall–Kier alpha value is -3.67. The van der Waals surface area contributed by atoms with Crippen LogP contribution in [0.2, 0.25) is 0 Å². The number of aromatic amines is 1. The third-order valence-electron chi connectivity index (χ3n) is 4.39. The van der Waals surface area contributed by atoms with Crippen molar-refractivity contribution in [1.29, 1.82) is 0 Å². The van der Waals surface area contributed by atoms with Crippen molar-refractivity contribution >= 4 is 22.7 Å². The maximum atomic E-state index is 12.6. The Morgan fingerprint density at radius 1 is 1.07 bits per heavy atom. The van der Waals surface area contributed by atoms with Crippen molar-refractivity contribution in [2.24, 2.45) is 0 Å². The Balaban J connectivity index is 1.58. The van der Waals surface area contributed by atoms with Gasteiger partial charge in [0.05, 0.1) is 0 Å². The fourth-order valence-corrected chi connectivity index (χ4v) is 2.91. The van der Waals surface area contributed by atoms with Crippen LogP contribution in [0.25, 0.3) is 22.4 Å². The van der Waals surface area contributed by atoms with Gasteiger partial charge in [-0.3, -0.25) is 9.59 Å². The number of amides is 1. The molecular formula is C22H19N3O3. The molecule has 2 N–H and O–H groups in total. The van der Waals surface area contributed by atoms with E-state index in [1.807, 2.05) is 44.2 Å². The first-order chi connectivity index (χ1) is 13.5. The summed E-state index contributed by atoms with van der Waals surface area (Å²) in [5.41, 5.74) is 3.01. The number of nitrogens with zero attached hydrogens (tertiary/aromatic N) is 1. The molecule has 0 saturated carbocycles. The summed E-state index contributed by atoms with van der Waals surface area (Å²) in [7, 11) is 0. The maximum absolute atomic E-state index is 12.6. The van der Waals surface area contributed by atoms with E-state index in [0.29, 0.717) is 28.4 Å². The molecule has 2 heterocycles. The van der Waals surface area contributed by atoms with Crippen molar-refractivity contribution in [3.8, 4) is 11.3 Å². The largest absolute Gasteiger partial charge is 0.440 e. The number of benzene rings is 2. The normalized spacial score (nSPS) is 11.1. The van der Waals surface area contributed by atoms with Crippen molar-refractivity contribution in [2.45, 2.75) is 19.8 Å². The molecule has 4 rings (SSSR count). The van der Waals surface area contributed by atoms with E-state index < -0.39 is 11.5 Å². The van der Waals surface area contributed by atoms with E-state index in [9.17, 15) is 9.59 Å². The van der Waals surface area contributed by atoms with Crippen LogP contribution in [0.3, 0.4) is 0 Å². The van der Waals surface area contributed by atoms with Gasteiger partial charge in [-0.1, -0.05) is 44.2 Å². The van der Waals surface area contributed by atoms with Crippen molar-refractivity contribution in [3.05, 3.63) is 82.5 Å². The Labute approximate surface area is 161 Å². The molecule has 0 aliphatic rings. The van der Waals surface area contributed by atoms with Gasteiger partial charge in [0, 0.05) is 17.3 Å². The van der Waals surface area contributed by atoms with Crippen molar-refractivity contribution < 1.29 is 9.21 Å². The number of oxazole rings is 1. The van der Waals surface area contributed by atoms with Crippen LogP contribution in [0.15, 0.2) is 69.9 Å². The van der Waals surface area contributed by atoms with Crippen LogP contribution in [0.5, 0.6) is 0 Å². The first-order valence-corrected chi connectivity index (χ1v) is 9.02. The second-order valence-corrected chi connectivity index (χ2v) is 6.82. The first-order valence-electron chi connectivity index (χ1n) is 9.02. The van der Waals surface area contributed by atoms with Gasteiger partial charge in [0.2, 0.25) is 0 Å². The van der Waals surface area contributed by atoms with Gasteiger partial charge in [-0.15, -0.1) is 0 Å². The minimum absolute atomic E-state index is 0.0443. The molecule has 2 aromatic carbocycles. The number of aromatic nitrogens is 2. The quantitative estimate of drug-likeness (QED) is 0.549. The number of nitrogens with one attached hydrogen (secondary N) is 2. The highest BCUT2D eigenvalue weighted by Gasteiger charge is 2.14.